The molecule has 3 N–H and O–H groups in total. The summed E-state index contributed by atoms with van der Waals surface area (Å²) in [5.74, 6) is 5.78. The molecule has 18 heavy (non-hydrogen) atoms. The van der Waals surface area contributed by atoms with E-state index in [0.29, 0.717) is 12.1 Å². The van der Waals surface area contributed by atoms with Crippen molar-refractivity contribution in [3.63, 3.8) is 0 Å². The Balaban J connectivity index is 1.58. The van der Waals surface area contributed by atoms with Gasteiger partial charge in [0.05, 0.1) is 0 Å². The van der Waals surface area contributed by atoms with Crippen LogP contribution in [0.15, 0.2) is 17.5 Å². The Morgan fingerprint density at radius 2 is 2.22 bits per heavy atom. The average Bonchev–Trinajstić information content (AvgIpc) is 2.94. The van der Waals surface area contributed by atoms with Crippen LogP contribution >= 0.6 is 11.3 Å². The molecule has 1 aromatic rings. The Hall–Kier alpha value is -0.460. The first-order valence-corrected chi connectivity index (χ1v) is 7.69. The van der Waals surface area contributed by atoms with Crippen molar-refractivity contribution in [1.29, 1.82) is 0 Å². The van der Waals surface area contributed by atoms with E-state index in [1.807, 2.05) is 11.3 Å². The van der Waals surface area contributed by atoms with Crippen molar-refractivity contribution in [2.24, 2.45) is 5.84 Å². The van der Waals surface area contributed by atoms with Gasteiger partial charge in [-0.15, -0.1) is 11.3 Å². The van der Waals surface area contributed by atoms with Crippen LogP contribution in [0.5, 0.6) is 0 Å². The fourth-order valence-corrected chi connectivity index (χ4v) is 3.90. The summed E-state index contributed by atoms with van der Waals surface area (Å²) < 4.78 is 0. The molecule has 4 nitrogen and oxygen atoms in total. The molecule has 0 saturated carbocycles. The molecule has 0 aliphatic carbocycles. The van der Waals surface area contributed by atoms with E-state index in [1.54, 1.807) is 0 Å². The van der Waals surface area contributed by atoms with Crippen molar-refractivity contribution in [3.05, 3.63) is 22.4 Å². The lowest BCUT2D eigenvalue weighted by atomic mass is 9.96. The lowest BCUT2D eigenvalue weighted by molar-refractivity contribution is -0.00440. The third kappa shape index (κ3) is 2.60. The van der Waals surface area contributed by atoms with Crippen LogP contribution in [0.25, 0.3) is 0 Å². The second-order valence-corrected chi connectivity index (χ2v) is 6.33. The zero-order valence-electron chi connectivity index (χ0n) is 10.7. The van der Waals surface area contributed by atoms with Gasteiger partial charge in [-0.05, 0) is 24.3 Å². The molecule has 3 saturated heterocycles. The van der Waals surface area contributed by atoms with Gasteiger partial charge in [-0.2, -0.15) is 0 Å². The molecule has 100 valence electrons. The maximum atomic E-state index is 5.78. The summed E-state index contributed by atoms with van der Waals surface area (Å²) in [4.78, 5) is 6.64. The molecule has 2 bridgehead atoms. The quantitative estimate of drug-likeness (QED) is 0.602. The molecule has 5 heteroatoms. The molecule has 3 fully saturated rings. The van der Waals surface area contributed by atoms with Gasteiger partial charge in [0.2, 0.25) is 0 Å². The van der Waals surface area contributed by atoms with E-state index < -0.39 is 0 Å². The largest absolute Gasteiger partial charge is 0.299 e. The third-order valence-corrected chi connectivity index (χ3v) is 5.22. The fraction of sp³-hybridized carbons (Fsp3) is 0.692. The summed E-state index contributed by atoms with van der Waals surface area (Å²) in [7, 11) is 0. The fourth-order valence-electron chi connectivity index (χ4n) is 3.18. The van der Waals surface area contributed by atoms with E-state index in [0.717, 1.165) is 12.8 Å². The zero-order valence-corrected chi connectivity index (χ0v) is 11.5. The van der Waals surface area contributed by atoms with Crippen LogP contribution in [0.3, 0.4) is 0 Å². The number of nitrogens with two attached hydrogens (primary N) is 1. The van der Waals surface area contributed by atoms with Gasteiger partial charge in [0, 0.05) is 49.7 Å². The minimum atomic E-state index is 0.412. The van der Waals surface area contributed by atoms with E-state index in [1.165, 1.54) is 37.6 Å². The Bertz CT molecular complexity index is 359. The minimum absolute atomic E-state index is 0.412. The third-order valence-electron chi connectivity index (χ3n) is 4.28. The van der Waals surface area contributed by atoms with Crippen molar-refractivity contribution in [3.8, 4) is 0 Å². The van der Waals surface area contributed by atoms with Gasteiger partial charge in [0.25, 0.3) is 0 Å². The van der Waals surface area contributed by atoms with Crippen LogP contribution in [0.4, 0.5) is 0 Å². The first-order chi connectivity index (χ1) is 8.86. The Morgan fingerprint density at radius 1 is 1.39 bits per heavy atom. The number of hydrazine groups is 1. The van der Waals surface area contributed by atoms with Crippen LogP contribution in [0.1, 0.15) is 11.3 Å². The highest BCUT2D eigenvalue weighted by Crippen LogP contribution is 2.21. The number of piperazine rings is 3. The predicted octanol–water partition coefficient (Wildman–Crippen LogP) is 0.512. The molecular formula is C13H22N4S. The van der Waals surface area contributed by atoms with Gasteiger partial charge in [-0.1, -0.05) is 6.07 Å². The highest BCUT2D eigenvalue weighted by atomic mass is 32.1. The van der Waals surface area contributed by atoms with Crippen LogP contribution in [-0.2, 0) is 6.42 Å². The van der Waals surface area contributed by atoms with Crippen molar-refractivity contribution < 1.29 is 0 Å². The SMILES string of the molecule is NNC(CCc1cccs1)C1CN2CCN1CC2. The highest BCUT2D eigenvalue weighted by molar-refractivity contribution is 7.09. The lowest BCUT2D eigenvalue weighted by Crippen LogP contribution is -2.67. The molecule has 2 unspecified atom stereocenters. The molecule has 0 amide bonds. The molecule has 0 aromatic carbocycles. The average molecular weight is 266 g/mol. The maximum Gasteiger partial charge on any atom is 0.0391 e. The Morgan fingerprint density at radius 3 is 2.78 bits per heavy atom. The van der Waals surface area contributed by atoms with Crippen molar-refractivity contribution in [1.82, 2.24) is 15.2 Å². The van der Waals surface area contributed by atoms with E-state index in [9.17, 15) is 0 Å². The van der Waals surface area contributed by atoms with Gasteiger partial charge < -0.3 is 0 Å². The summed E-state index contributed by atoms with van der Waals surface area (Å²) in [6.45, 7) is 6.07. The lowest BCUT2D eigenvalue weighted by Gasteiger charge is -2.50. The summed E-state index contributed by atoms with van der Waals surface area (Å²) in [6.07, 6.45) is 2.27. The van der Waals surface area contributed by atoms with E-state index in [4.69, 9.17) is 5.84 Å². The van der Waals surface area contributed by atoms with Crippen molar-refractivity contribution >= 4 is 11.3 Å². The number of fused-ring (bicyclic) bond motifs is 3. The molecule has 4 heterocycles. The Kier molecular flexibility index (Phi) is 3.96. The molecule has 0 radical (unpaired) electrons. The summed E-state index contributed by atoms with van der Waals surface area (Å²) in [6, 6.07) is 5.35. The number of thiophene rings is 1. The molecule has 3 aliphatic heterocycles. The number of aryl methyl sites for hydroxylation is 1. The molecule has 2 atom stereocenters. The second kappa shape index (κ2) is 5.67. The standard InChI is InChI=1S/C13H22N4S/c14-15-12(4-3-11-2-1-9-18-11)13-10-16-5-7-17(13)8-6-16/h1-2,9,12-13,15H,3-8,10,14H2. The molecular weight excluding hydrogens is 244 g/mol. The summed E-state index contributed by atoms with van der Waals surface area (Å²) >= 11 is 1.84. The van der Waals surface area contributed by atoms with Crippen LogP contribution < -0.4 is 11.3 Å². The molecule has 0 spiro atoms. The zero-order chi connectivity index (χ0) is 12.4. The number of rotatable bonds is 5. The van der Waals surface area contributed by atoms with Gasteiger partial charge in [-0.25, -0.2) is 0 Å². The molecule has 4 rings (SSSR count). The number of hydrogen-bond donors (Lipinski definition) is 2. The highest BCUT2D eigenvalue weighted by Gasteiger charge is 2.36. The maximum absolute atomic E-state index is 5.78. The van der Waals surface area contributed by atoms with Gasteiger partial charge in [0.1, 0.15) is 0 Å². The summed E-state index contributed by atoms with van der Waals surface area (Å²) in [5, 5.41) is 2.15. The van der Waals surface area contributed by atoms with Crippen LogP contribution in [0, 0.1) is 0 Å². The monoisotopic (exact) mass is 266 g/mol. The predicted molar refractivity (Wildman–Crippen MR) is 75.6 cm³/mol. The van der Waals surface area contributed by atoms with E-state index in [-0.39, 0.29) is 0 Å². The minimum Gasteiger partial charge on any atom is -0.299 e. The Labute approximate surface area is 113 Å². The van der Waals surface area contributed by atoms with Crippen LogP contribution in [0.2, 0.25) is 0 Å². The molecule has 1 aromatic heterocycles. The second-order valence-electron chi connectivity index (χ2n) is 5.30. The number of nitrogens with one attached hydrogen (secondary N) is 1. The van der Waals surface area contributed by atoms with E-state index >= 15 is 0 Å². The van der Waals surface area contributed by atoms with E-state index in [2.05, 4.69) is 32.7 Å². The first kappa shape index (κ1) is 12.6. The summed E-state index contributed by atoms with van der Waals surface area (Å²) in [5.41, 5.74) is 3.06. The smallest absolute Gasteiger partial charge is 0.0391 e. The molecule has 3 aliphatic rings. The van der Waals surface area contributed by atoms with Crippen molar-refractivity contribution in [2.75, 3.05) is 32.7 Å². The van der Waals surface area contributed by atoms with Gasteiger partial charge in [-0.3, -0.25) is 21.1 Å². The topological polar surface area (TPSA) is 44.5 Å². The van der Waals surface area contributed by atoms with Gasteiger partial charge in [0.15, 0.2) is 0 Å². The number of hydrogen-bond acceptors (Lipinski definition) is 5. The van der Waals surface area contributed by atoms with Gasteiger partial charge >= 0.3 is 0 Å². The number of nitrogens with zero attached hydrogens (tertiary/aromatic N) is 2. The first-order valence-electron chi connectivity index (χ1n) is 6.82. The normalized spacial score (nSPS) is 32.6. The van der Waals surface area contributed by atoms with Crippen LogP contribution in [-0.4, -0.2) is 54.6 Å². The van der Waals surface area contributed by atoms with Crippen molar-refractivity contribution in [2.45, 2.75) is 24.9 Å².